The summed E-state index contributed by atoms with van der Waals surface area (Å²) in [4.78, 5) is 24.4. The third-order valence-corrected chi connectivity index (χ3v) is 5.44. The highest BCUT2D eigenvalue weighted by Gasteiger charge is 2.19. The third-order valence-electron chi connectivity index (χ3n) is 4.71. The second-order valence-corrected chi connectivity index (χ2v) is 7.74. The molecule has 10 heteroatoms. The topological polar surface area (TPSA) is 69.6 Å². The molecule has 6 nitrogen and oxygen atoms in total. The lowest BCUT2D eigenvalue weighted by molar-refractivity contribution is 0.151. The van der Waals surface area contributed by atoms with Crippen molar-refractivity contribution in [2.24, 2.45) is 0 Å². The Morgan fingerprint density at radius 3 is 2.45 bits per heavy atom. The summed E-state index contributed by atoms with van der Waals surface area (Å²) in [6, 6.07) is 8.77. The maximum Gasteiger partial charge on any atom is 0.407 e. The zero-order valence-electron chi connectivity index (χ0n) is 17.8. The Labute approximate surface area is 196 Å². The zero-order valence-corrected chi connectivity index (χ0v) is 19.3. The van der Waals surface area contributed by atoms with Crippen LogP contribution in [0.2, 0.25) is 0 Å². The molecule has 0 spiro atoms. The first kappa shape index (κ1) is 24.4. The lowest BCUT2D eigenvalue weighted by Crippen LogP contribution is -2.25. The molecule has 3 aromatic rings. The van der Waals surface area contributed by atoms with Crippen LogP contribution in [0.25, 0.3) is 5.69 Å². The number of carbonyl (C=O) groups excluding carboxylic acids is 1. The van der Waals surface area contributed by atoms with E-state index >= 15 is 0 Å². The number of para-hydroxylation sites is 1. The molecule has 0 aliphatic rings. The number of benzene rings is 2. The van der Waals surface area contributed by atoms with Gasteiger partial charge in [0.25, 0.3) is 5.56 Å². The van der Waals surface area contributed by atoms with Gasteiger partial charge in [0.1, 0.15) is 40.0 Å². The number of rotatable bonds is 7. The van der Waals surface area contributed by atoms with Crippen molar-refractivity contribution in [3.05, 3.63) is 91.6 Å². The summed E-state index contributed by atoms with van der Waals surface area (Å²) >= 11 is 3.15. The lowest BCUT2D eigenvalue weighted by Gasteiger charge is -2.16. The van der Waals surface area contributed by atoms with Gasteiger partial charge >= 0.3 is 6.09 Å². The highest BCUT2D eigenvalue weighted by Crippen LogP contribution is 2.27. The van der Waals surface area contributed by atoms with E-state index in [1.165, 1.54) is 37.3 Å². The van der Waals surface area contributed by atoms with Gasteiger partial charge in [0.2, 0.25) is 0 Å². The van der Waals surface area contributed by atoms with E-state index in [0.29, 0.717) is 11.1 Å². The van der Waals surface area contributed by atoms with Gasteiger partial charge < -0.3 is 14.8 Å². The van der Waals surface area contributed by atoms with E-state index in [1.54, 1.807) is 6.92 Å². The Balaban J connectivity index is 1.87. The van der Waals surface area contributed by atoms with Gasteiger partial charge in [-0.05, 0) is 65.2 Å². The van der Waals surface area contributed by atoms with E-state index in [9.17, 15) is 22.8 Å². The van der Waals surface area contributed by atoms with Crippen molar-refractivity contribution in [1.82, 2.24) is 9.88 Å². The quantitative estimate of drug-likeness (QED) is 0.464. The molecule has 0 saturated carbocycles. The van der Waals surface area contributed by atoms with Crippen LogP contribution in [0.15, 0.2) is 51.7 Å². The number of nitrogens with one attached hydrogen (secondary N) is 1. The summed E-state index contributed by atoms with van der Waals surface area (Å²) in [5, 5.41) is 2.51. The minimum atomic E-state index is -0.883. The standard InChI is InChI=1S/C23H20BrF3N2O4/c1-3-32-23(31)28-11-15-10-16(25)8-7-14(15)12-33-19-9-13(2)29(22(30)20(19)24)21-17(26)5-4-6-18(21)27/h4-10H,3,11-12H2,1-2H3,(H,28,31). The highest BCUT2D eigenvalue weighted by atomic mass is 79.9. The molecule has 0 bridgehead atoms. The number of ether oxygens (including phenoxy) is 2. The summed E-state index contributed by atoms with van der Waals surface area (Å²) in [5.74, 6) is -2.12. The molecular weight excluding hydrogens is 505 g/mol. The van der Waals surface area contributed by atoms with Gasteiger partial charge in [0.15, 0.2) is 0 Å². The normalized spacial score (nSPS) is 10.7. The van der Waals surface area contributed by atoms with Crippen molar-refractivity contribution in [2.75, 3.05) is 6.61 Å². The Morgan fingerprint density at radius 2 is 1.79 bits per heavy atom. The monoisotopic (exact) mass is 524 g/mol. The molecule has 0 aliphatic carbocycles. The molecule has 0 radical (unpaired) electrons. The fraction of sp³-hybridized carbons (Fsp3) is 0.217. The second-order valence-electron chi connectivity index (χ2n) is 6.95. The number of pyridine rings is 1. The van der Waals surface area contributed by atoms with E-state index in [1.807, 2.05) is 0 Å². The largest absolute Gasteiger partial charge is 0.487 e. The van der Waals surface area contributed by atoms with Crippen molar-refractivity contribution < 1.29 is 27.4 Å². The van der Waals surface area contributed by atoms with Gasteiger partial charge in [-0.1, -0.05) is 12.1 Å². The molecule has 0 saturated heterocycles. The number of aromatic nitrogens is 1. The molecule has 33 heavy (non-hydrogen) atoms. The van der Waals surface area contributed by atoms with Crippen LogP contribution in [0, 0.1) is 24.4 Å². The summed E-state index contributed by atoms with van der Waals surface area (Å²) < 4.78 is 53.6. The van der Waals surface area contributed by atoms with Crippen LogP contribution in [0.3, 0.4) is 0 Å². The molecule has 1 N–H and O–H groups in total. The van der Waals surface area contributed by atoms with Crippen LogP contribution in [-0.4, -0.2) is 17.3 Å². The van der Waals surface area contributed by atoms with Crippen LogP contribution >= 0.6 is 15.9 Å². The number of alkyl carbamates (subject to hydrolysis) is 1. The number of hydrogen-bond donors (Lipinski definition) is 1. The van der Waals surface area contributed by atoms with Gasteiger partial charge in [-0.3, -0.25) is 9.36 Å². The first-order chi connectivity index (χ1) is 15.7. The third kappa shape index (κ3) is 5.57. The number of hydrogen-bond acceptors (Lipinski definition) is 4. The zero-order chi connectivity index (χ0) is 24.1. The molecule has 0 unspecified atom stereocenters. The predicted octanol–water partition coefficient (Wildman–Crippen LogP) is 5.15. The molecule has 2 aromatic carbocycles. The molecule has 1 heterocycles. The van der Waals surface area contributed by atoms with E-state index < -0.39 is 34.8 Å². The van der Waals surface area contributed by atoms with Gasteiger partial charge in [-0.2, -0.15) is 0 Å². The minimum absolute atomic E-state index is 0.00361. The summed E-state index contributed by atoms with van der Waals surface area (Å²) in [6.45, 7) is 3.31. The Hall–Kier alpha value is -3.27. The predicted molar refractivity (Wildman–Crippen MR) is 119 cm³/mol. The average Bonchev–Trinajstić information content (AvgIpc) is 2.77. The van der Waals surface area contributed by atoms with Crippen LogP contribution in [0.1, 0.15) is 23.7 Å². The SMILES string of the molecule is CCOC(=O)NCc1cc(F)ccc1COc1cc(C)n(-c2c(F)cccc2F)c(=O)c1Br. The number of aryl methyl sites for hydroxylation is 1. The van der Waals surface area contributed by atoms with E-state index in [2.05, 4.69) is 21.2 Å². The maximum atomic E-state index is 14.2. The van der Waals surface area contributed by atoms with Crippen LogP contribution < -0.4 is 15.6 Å². The van der Waals surface area contributed by atoms with Crippen molar-refractivity contribution >= 4 is 22.0 Å². The average molecular weight is 525 g/mol. The van der Waals surface area contributed by atoms with E-state index in [0.717, 1.165) is 16.7 Å². The van der Waals surface area contributed by atoms with E-state index in [4.69, 9.17) is 9.47 Å². The van der Waals surface area contributed by atoms with Gasteiger partial charge in [-0.15, -0.1) is 0 Å². The van der Waals surface area contributed by atoms with Crippen LogP contribution in [0.4, 0.5) is 18.0 Å². The minimum Gasteiger partial charge on any atom is -0.487 e. The number of carbonyl (C=O) groups is 1. The Morgan fingerprint density at radius 1 is 1.09 bits per heavy atom. The molecule has 0 fully saturated rings. The van der Waals surface area contributed by atoms with Crippen molar-refractivity contribution in [2.45, 2.75) is 27.0 Å². The fourth-order valence-corrected chi connectivity index (χ4v) is 3.58. The van der Waals surface area contributed by atoms with Crippen molar-refractivity contribution in [1.29, 1.82) is 0 Å². The van der Waals surface area contributed by atoms with Gasteiger partial charge in [0, 0.05) is 18.3 Å². The smallest absolute Gasteiger partial charge is 0.407 e. The summed E-state index contributed by atoms with van der Waals surface area (Å²) in [7, 11) is 0. The molecular formula is C23H20BrF3N2O4. The maximum absolute atomic E-state index is 14.2. The van der Waals surface area contributed by atoms with Gasteiger partial charge in [0.05, 0.1) is 6.61 Å². The van der Waals surface area contributed by atoms with Crippen LogP contribution in [0.5, 0.6) is 5.75 Å². The molecule has 0 atom stereocenters. The number of amides is 1. The molecule has 1 amide bonds. The Kier molecular flexibility index (Phi) is 7.80. The highest BCUT2D eigenvalue weighted by molar-refractivity contribution is 9.10. The first-order valence-corrected chi connectivity index (χ1v) is 10.7. The first-order valence-electron chi connectivity index (χ1n) is 9.90. The molecule has 0 aliphatic heterocycles. The second kappa shape index (κ2) is 10.6. The van der Waals surface area contributed by atoms with Crippen molar-refractivity contribution in [3.63, 3.8) is 0 Å². The lowest BCUT2D eigenvalue weighted by atomic mass is 10.1. The van der Waals surface area contributed by atoms with E-state index in [-0.39, 0.29) is 35.7 Å². The Bertz CT molecular complexity index is 1230. The molecule has 174 valence electrons. The van der Waals surface area contributed by atoms with Crippen molar-refractivity contribution in [3.8, 4) is 11.4 Å². The number of halogens is 4. The van der Waals surface area contributed by atoms with Gasteiger partial charge in [-0.25, -0.2) is 18.0 Å². The molecule has 1 aromatic heterocycles. The summed E-state index contributed by atoms with van der Waals surface area (Å²) in [5.41, 5.74) is 0.0562. The number of nitrogens with zero attached hydrogens (tertiary/aromatic N) is 1. The molecule has 3 rings (SSSR count). The van der Waals surface area contributed by atoms with Crippen LogP contribution in [-0.2, 0) is 17.9 Å². The summed E-state index contributed by atoms with van der Waals surface area (Å²) in [6.07, 6.45) is -0.643. The fourth-order valence-electron chi connectivity index (χ4n) is 3.17.